The van der Waals surface area contributed by atoms with Crippen LogP contribution in [0.25, 0.3) is 10.6 Å². The first-order valence-electron chi connectivity index (χ1n) is 8.22. The van der Waals surface area contributed by atoms with Crippen LogP contribution in [0.5, 0.6) is 0 Å². The number of nitrogens with one attached hydrogen (secondary N) is 1. The summed E-state index contributed by atoms with van der Waals surface area (Å²) in [6, 6.07) is 6.11. The summed E-state index contributed by atoms with van der Waals surface area (Å²) in [4.78, 5) is 17.4. The molecule has 1 aliphatic carbocycles. The number of benzene rings is 1. The molecule has 24 heavy (non-hydrogen) atoms. The molecule has 2 atom stereocenters. The van der Waals surface area contributed by atoms with E-state index in [1.54, 1.807) is 12.1 Å². The summed E-state index contributed by atoms with van der Waals surface area (Å²) < 4.78 is 13.0. The van der Waals surface area contributed by atoms with Gasteiger partial charge in [-0.15, -0.1) is 11.3 Å². The van der Waals surface area contributed by atoms with Gasteiger partial charge in [0.2, 0.25) is 0 Å². The van der Waals surface area contributed by atoms with Crippen LogP contribution in [0.15, 0.2) is 24.3 Å². The van der Waals surface area contributed by atoms with Gasteiger partial charge in [-0.3, -0.25) is 4.79 Å². The lowest BCUT2D eigenvalue weighted by Gasteiger charge is -2.25. The number of carbonyl (C=O) groups is 1. The maximum atomic E-state index is 13.0. The number of nitrogens with zero attached hydrogens (tertiary/aromatic N) is 1. The van der Waals surface area contributed by atoms with Crippen LogP contribution < -0.4 is 5.32 Å². The Hall–Kier alpha value is -1.79. The molecule has 6 heteroatoms. The maximum Gasteiger partial charge on any atom is 0.263 e. The molecule has 2 aromatic rings. The van der Waals surface area contributed by atoms with E-state index in [1.165, 1.54) is 23.5 Å². The molecule has 1 heterocycles. The Morgan fingerprint density at radius 1 is 1.38 bits per heavy atom. The quantitative estimate of drug-likeness (QED) is 0.888. The molecular weight excluding hydrogens is 327 g/mol. The van der Waals surface area contributed by atoms with Crippen molar-refractivity contribution < 1.29 is 14.3 Å². The normalized spacial score (nSPS) is 20.8. The number of aliphatic hydroxyl groups excluding tert-OH is 1. The fraction of sp³-hybridized carbons (Fsp3) is 0.444. The fourth-order valence-corrected chi connectivity index (χ4v) is 4.08. The second kappa shape index (κ2) is 7.40. The summed E-state index contributed by atoms with van der Waals surface area (Å²) in [5.74, 6) is -0.0828. The molecule has 0 spiro atoms. The Morgan fingerprint density at radius 3 is 2.83 bits per heavy atom. The number of aromatic nitrogens is 1. The SMILES string of the molecule is Cc1nc(-c2ccc(F)cc2)sc1C(=O)NCC1CCCC(O)C1. The van der Waals surface area contributed by atoms with Crippen molar-refractivity contribution in [3.05, 3.63) is 40.7 Å². The molecule has 1 amide bonds. The molecule has 1 aromatic carbocycles. The molecule has 128 valence electrons. The van der Waals surface area contributed by atoms with Crippen molar-refractivity contribution in [3.63, 3.8) is 0 Å². The maximum absolute atomic E-state index is 13.0. The van der Waals surface area contributed by atoms with Gasteiger partial charge in [0.05, 0.1) is 11.8 Å². The average molecular weight is 348 g/mol. The molecule has 2 unspecified atom stereocenters. The summed E-state index contributed by atoms with van der Waals surface area (Å²) in [7, 11) is 0. The van der Waals surface area contributed by atoms with E-state index in [0.717, 1.165) is 31.2 Å². The first kappa shape index (κ1) is 17.0. The molecule has 1 aromatic heterocycles. The van der Waals surface area contributed by atoms with E-state index in [9.17, 15) is 14.3 Å². The van der Waals surface area contributed by atoms with Crippen LogP contribution in [0.2, 0.25) is 0 Å². The summed E-state index contributed by atoms with van der Waals surface area (Å²) in [5.41, 5.74) is 1.49. The Bertz CT molecular complexity index is 714. The van der Waals surface area contributed by atoms with Crippen molar-refractivity contribution in [2.75, 3.05) is 6.54 Å². The minimum atomic E-state index is -0.292. The standard InChI is InChI=1S/C18H21FN2O2S/c1-11-16(17(23)20-10-12-3-2-4-15(22)9-12)24-18(21-11)13-5-7-14(19)8-6-13/h5-8,12,15,22H,2-4,9-10H2,1H3,(H,20,23). The molecule has 0 bridgehead atoms. The van der Waals surface area contributed by atoms with Crippen molar-refractivity contribution in [2.24, 2.45) is 5.92 Å². The van der Waals surface area contributed by atoms with Gasteiger partial charge in [-0.1, -0.05) is 6.42 Å². The van der Waals surface area contributed by atoms with Gasteiger partial charge in [0.15, 0.2) is 0 Å². The Morgan fingerprint density at radius 2 is 2.12 bits per heavy atom. The third-order valence-corrected chi connectivity index (χ3v) is 5.61. The molecule has 0 saturated heterocycles. The van der Waals surface area contributed by atoms with Crippen molar-refractivity contribution >= 4 is 17.2 Å². The van der Waals surface area contributed by atoms with Crippen molar-refractivity contribution in [1.82, 2.24) is 10.3 Å². The third kappa shape index (κ3) is 3.99. The molecule has 1 fully saturated rings. The van der Waals surface area contributed by atoms with Gasteiger partial charge in [-0.2, -0.15) is 0 Å². The van der Waals surface area contributed by atoms with Gasteiger partial charge in [0.25, 0.3) is 5.91 Å². The van der Waals surface area contributed by atoms with Crippen LogP contribution in [-0.2, 0) is 0 Å². The molecule has 4 nitrogen and oxygen atoms in total. The molecule has 3 rings (SSSR count). The zero-order valence-corrected chi connectivity index (χ0v) is 14.4. The van der Waals surface area contributed by atoms with E-state index in [2.05, 4.69) is 10.3 Å². The number of amides is 1. The average Bonchev–Trinajstić information content (AvgIpc) is 2.95. The van der Waals surface area contributed by atoms with Crippen LogP contribution in [0, 0.1) is 18.7 Å². The number of thiazole rings is 1. The largest absolute Gasteiger partial charge is 0.393 e. The fourth-order valence-electron chi connectivity index (χ4n) is 3.09. The van der Waals surface area contributed by atoms with Crippen molar-refractivity contribution in [2.45, 2.75) is 38.7 Å². The summed E-state index contributed by atoms with van der Waals surface area (Å²) in [6.45, 7) is 2.39. The predicted octanol–water partition coefficient (Wildman–Crippen LogP) is 3.54. The monoisotopic (exact) mass is 348 g/mol. The van der Waals surface area contributed by atoms with E-state index in [0.29, 0.717) is 28.0 Å². The Kier molecular flexibility index (Phi) is 5.26. The molecule has 0 aliphatic heterocycles. The predicted molar refractivity (Wildman–Crippen MR) is 92.5 cm³/mol. The number of rotatable bonds is 4. The first-order valence-corrected chi connectivity index (χ1v) is 9.04. The second-order valence-corrected chi connectivity index (χ2v) is 7.34. The van der Waals surface area contributed by atoms with E-state index in [-0.39, 0.29) is 17.8 Å². The third-order valence-electron chi connectivity index (χ3n) is 4.40. The van der Waals surface area contributed by atoms with E-state index in [1.807, 2.05) is 6.92 Å². The lowest BCUT2D eigenvalue weighted by Crippen LogP contribution is -2.32. The Labute approximate surface area is 144 Å². The number of carbonyl (C=O) groups excluding carboxylic acids is 1. The smallest absolute Gasteiger partial charge is 0.263 e. The minimum absolute atomic E-state index is 0.126. The molecule has 2 N–H and O–H groups in total. The van der Waals surface area contributed by atoms with E-state index < -0.39 is 0 Å². The summed E-state index contributed by atoms with van der Waals surface area (Å²) >= 11 is 1.32. The van der Waals surface area contributed by atoms with Crippen LogP contribution in [-0.4, -0.2) is 28.6 Å². The number of halogens is 1. The lowest BCUT2D eigenvalue weighted by molar-refractivity contribution is 0.0876. The van der Waals surface area contributed by atoms with Gasteiger partial charge >= 0.3 is 0 Å². The van der Waals surface area contributed by atoms with Gasteiger partial charge < -0.3 is 10.4 Å². The van der Waals surface area contributed by atoms with Crippen LogP contribution in [0.4, 0.5) is 4.39 Å². The van der Waals surface area contributed by atoms with E-state index >= 15 is 0 Å². The molecule has 1 saturated carbocycles. The van der Waals surface area contributed by atoms with Gasteiger partial charge in [0.1, 0.15) is 15.7 Å². The molecular formula is C18H21FN2O2S. The summed E-state index contributed by atoms with van der Waals surface area (Å²) in [6.07, 6.45) is 3.42. The Balaban J connectivity index is 1.65. The van der Waals surface area contributed by atoms with Crippen molar-refractivity contribution in [3.8, 4) is 10.6 Å². The highest BCUT2D eigenvalue weighted by Crippen LogP contribution is 2.28. The minimum Gasteiger partial charge on any atom is -0.393 e. The van der Waals surface area contributed by atoms with Gasteiger partial charge in [-0.05, 0) is 56.4 Å². The number of aryl methyl sites for hydroxylation is 1. The van der Waals surface area contributed by atoms with E-state index in [4.69, 9.17) is 0 Å². The number of aliphatic hydroxyl groups is 1. The summed E-state index contributed by atoms with van der Waals surface area (Å²) in [5, 5.41) is 13.4. The van der Waals surface area contributed by atoms with Crippen molar-refractivity contribution in [1.29, 1.82) is 0 Å². The molecule has 1 aliphatic rings. The van der Waals surface area contributed by atoms with Gasteiger partial charge in [-0.25, -0.2) is 9.37 Å². The highest BCUT2D eigenvalue weighted by molar-refractivity contribution is 7.17. The van der Waals surface area contributed by atoms with Crippen LogP contribution in [0.3, 0.4) is 0 Å². The molecule has 0 radical (unpaired) electrons. The van der Waals surface area contributed by atoms with Crippen LogP contribution >= 0.6 is 11.3 Å². The highest BCUT2D eigenvalue weighted by Gasteiger charge is 2.22. The zero-order chi connectivity index (χ0) is 17.1. The highest BCUT2D eigenvalue weighted by atomic mass is 32.1. The lowest BCUT2D eigenvalue weighted by atomic mass is 9.87. The second-order valence-electron chi connectivity index (χ2n) is 6.34. The topological polar surface area (TPSA) is 62.2 Å². The number of hydrogen-bond donors (Lipinski definition) is 2. The number of hydrogen-bond acceptors (Lipinski definition) is 4. The zero-order valence-electron chi connectivity index (χ0n) is 13.6. The van der Waals surface area contributed by atoms with Crippen LogP contribution in [0.1, 0.15) is 41.0 Å². The first-order chi connectivity index (χ1) is 11.5. The van der Waals surface area contributed by atoms with Gasteiger partial charge in [0, 0.05) is 12.1 Å².